The number of benzene rings is 2. The quantitative estimate of drug-likeness (QED) is 0.619. The summed E-state index contributed by atoms with van der Waals surface area (Å²) in [6, 6.07) is 12.2. The minimum Gasteiger partial charge on any atom is -0.207 e. The van der Waals surface area contributed by atoms with Gasteiger partial charge in [-0.1, -0.05) is 45.7 Å². The van der Waals surface area contributed by atoms with Crippen LogP contribution in [-0.2, 0) is 6.42 Å². The molecule has 0 amide bonds. The zero-order valence-corrected chi connectivity index (χ0v) is 12.4. The molecule has 0 bridgehead atoms. The van der Waals surface area contributed by atoms with Gasteiger partial charge in [-0.2, -0.15) is 0 Å². The van der Waals surface area contributed by atoms with Crippen molar-refractivity contribution in [1.29, 1.82) is 0 Å². The van der Waals surface area contributed by atoms with Gasteiger partial charge in [-0.05, 0) is 41.8 Å². The Morgan fingerprint density at radius 3 is 2.61 bits per heavy atom. The Hall–Kier alpha value is -0.570. The second-order valence-electron chi connectivity index (χ2n) is 3.97. The molecule has 2 aromatic rings. The van der Waals surface area contributed by atoms with Crippen LogP contribution in [0, 0.1) is 5.82 Å². The van der Waals surface area contributed by atoms with Crippen molar-refractivity contribution in [3.05, 3.63) is 68.9 Å². The van der Waals surface area contributed by atoms with Gasteiger partial charge in [0.25, 0.3) is 0 Å². The highest BCUT2D eigenvalue weighted by molar-refractivity contribution is 9.10. The summed E-state index contributed by atoms with van der Waals surface area (Å²) in [6.45, 7) is 0. The van der Waals surface area contributed by atoms with Crippen molar-refractivity contribution in [2.75, 3.05) is 0 Å². The van der Waals surface area contributed by atoms with Crippen LogP contribution in [0.15, 0.2) is 46.9 Å². The predicted octanol–water partition coefficient (Wildman–Crippen LogP) is 5.76. The van der Waals surface area contributed by atoms with Crippen molar-refractivity contribution in [3.8, 4) is 0 Å². The van der Waals surface area contributed by atoms with Gasteiger partial charge in [0.05, 0.1) is 5.38 Å². The summed E-state index contributed by atoms with van der Waals surface area (Å²) in [4.78, 5) is 0. The van der Waals surface area contributed by atoms with E-state index in [9.17, 15) is 4.39 Å². The molecule has 1 atom stereocenters. The zero-order chi connectivity index (χ0) is 13.1. The molecule has 0 aliphatic heterocycles. The first kappa shape index (κ1) is 13.9. The largest absolute Gasteiger partial charge is 0.207 e. The van der Waals surface area contributed by atoms with Crippen LogP contribution in [0.5, 0.6) is 0 Å². The summed E-state index contributed by atoms with van der Waals surface area (Å²) in [5, 5.41) is 0.0948. The fraction of sp³-hybridized carbons (Fsp3) is 0.143. The third kappa shape index (κ3) is 3.47. The van der Waals surface area contributed by atoms with Gasteiger partial charge >= 0.3 is 0 Å². The van der Waals surface area contributed by atoms with Crippen molar-refractivity contribution in [2.45, 2.75) is 11.8 Å². The first-order valence-electron chi connectivity index (χ1n) is 5.40. The van der Waals surface area contributed by atoms with Gasteiger partial charge in [-0.3, -0.25) is 0 Å². The van der Waals surface area contributed by atoms with Crippen LogP contribution in [0.3, 0.4) is 0 Å². The molecule has 0 N–H and O–H groups in total. The van der Waals surface area contributed by atoms with Crippen molar-refractivity contribution < 1.29 is 4.39 Å². The Morgan fingerprint density at radius 2 is 1.94 bits per heavy atom. The number of hydrogen-bond acceptors (Lipinski definition) is 0. The summed E-state index contributed by atoms with van der Waals surface area (Å²) in [5.41, 5.74) is 1.85. The van der Waals surface area contributed by atoms with Gasteiger partial charge in [-0.15, -0.1) is 11.6 Å². The van der Waals surface area contributed by atoms with E-state index in [0.29, 0.717) is 11.4 Å². The van der Waals surface area contributed by atoms with Crippen LogP contribution in [-0.4, -0.2) is 0 Å². The summed E-state index contributed by atoms with van der Waals surface area (Å²) >= 11 is 15.7. The highest BCUT2D eigenvalue weighted by Crippen LogP contribution is 2.31. The van der Waals surface area contributed by atoms with E-state index < -0.39 is 0 Å². The molecule has 0 saturated carbocycles. The third-order valence-electron chi connectivity index (χ3n) is 2.60. The molecule has 0 aliphatic carbocycles. The first-order valence-corrected chi connectivity index (χ1v) is 7.00. The van der Waals surface area contributed by atoms with E-state index in [4.69, 9.17) is 23.2 Å². The molecule has 0 fully saturated rings. The minimum atomic E-state index is -0.352. The smallest absolute Gasteiger partial charge is 0.124 e. The molecule has 0 radical (unpaired) electrons. The van der Waals surface area contributed by atoms with E-state index in [2.05, 4.69) is 15.9 Å². The lowest BCUT2D eigenvalue weighted by Crippen LogP contribution is -1.97. The molecule has 2 aromatic carbocycles. The molecule has 18 heavy (non-hydrogen) atoms. The lowest BCUT2D eigenvalue weighted by atomic mass is 10.0. The maximum absolute atomic E-state index is 13.0. The normalized spacial score (nSPS) is 12.4. The number of rotatable bonds is 3. The topological polar surface area (TPSA) is 0 Å². The van der Waals surface area contributed by atoms with Gasteiger partial charge < -0.3 is 0 Å². The van der Waals surface area contributed by atoms with Crippen molar-refractivity contribution in [1.82, 2.24) is 0 Å². The number of halogens is 4. The third-order valence-corrected chi connectivity index (χ3v) is 3.81. The maximum Gasteiger partial charge on any atom is 0.124 e. The minimum absolute atomic E-state index is 0.271. The molecule has 4 heteroatoms. The van der Waals surface area contributed by atoms with Gasteiger partial charge in [0.15, 0.2) is 0 Å². The van der Waals surface area contributed by atoms with Crippen LogP contribution in [0.1, 0.15) is 16.5 Å². The monoisotopic (exact) mass is 346 g/mol. The molecule has 94 valence electrons. The van der Waals surface area contributed by atoms with Crippen LogP contribution in [0.25, 0.3) is 0 Å². The van der Waals surface area contributed by atoms with Crippen molar-refractivity contribution in [2.24, 2.45) is 0 Å². The van der Waals surface area contributed by atoms with E-state index >= 15 is 0 Å². The van der Waals surface area contributed by atoms with Crippen molar-refractivity contribution in [3.63, 3.8) is 0 Å². The Bertz CT molecular complexity index is 557. The second kappa shape index (κ2) is 6.05. The van der Waals surface area contributed by atoms with Crippen LogP contribution < -0.4 is 0 Å². The fourth-order valence-corrected chi connectivity index (χ4v) is 2.91. The van der Waals surface area contributed by atoms with Gasteiger partial charge in [0.1, 0.15) is 5.82 Å². The molecular formula is C14H10BrCl2F. The summed E-state index contributed by atoms with van der Waals surface area (Å²) in [7, 11) is 0. The Balaban J connectivity index is 2.19. The molecule has 1 unspecified atom stereocenters. The first-order chi connectivity index (χ1) is 8.56. The molecule has 2 rings (SSSR count). The summed E-state index contributed by atoms with van der Waals surface area (Å²) in [5.74, 6) is -0.352. The van der Waals surface area contributed by atoms with Gasteiger partial charge in [0.2, 0.25) is 0 Å². The predicted molar refractivity (Wildman–Crippen MR) is 77.9 cm³/mol. The average Bonchev–Trinajstić information content (AvgIpc) is 2.28. The Kier molecular flexibility index (Phi) is 4.66. The number of alkyl halides is 1. The van der Waals surface area contributed by atoms with E-state index in [0.717, 1.165) is 15.6 Å². The summed E-state index contributed by atoms with van der Waals surface area (Å²) in [6.07, 6.45) is 0.645. The lowest BCUT2D eigenvalue weighted by molar-refractivity contribution is 0.627. The van der Waals surface area contributed by atoms with Crippen LogP contribution >= 0.6 is 39.1 Å². The molecule has 0 aromatic heterocycles. The molecule has 0 heterocycles. The summed E-state index contributed by atoms with van der Waals surface area (Å²) < 4.78 is 14.0. The van der Waals surface area contributed by atoms with E-state index in [1.807, 2.05) is 24.3 Å². The van der Waals surface area contributed by atoms with Gasteiger partial charge in [-0.25, -0.2) is 4.39 Å². The molecular weight excluding hydrogens is 338 g/mol. The maximum atomic E-state index is 13.0. The number of hydrogen-bond donors (Lipinski definition) is 0. The van der Waals surface area contributed by atoms with E-state index in [-0.39, 0.29) is 11.2 Å². The van der Waals surface area contributed by atoms with E-state index in [1.54, 1.807) is 6.07 Å². The van der Waals surface area contributed by atoms with E-state index in [1.165, 1.54) is 12.1 Å². The highest BCUT2D eigenvalue weighted by Gasteiger charge is 2.13. The zero-order valence-electron chi connectivity index (χ0n) is 9.34. The fourth-order valence-electron chi connectivity index (χ4n) is 1.74. The standard InChI is InChI=1S/C14H10BrCl2F/c15-10-3-1-2-9(6-10)7-13(16)12-5-4-11(18)8-14(12)17/h1-6,8,13H,7H2. The second-order valence-corrected chi connectivity index (χ2v) is 5.82. The SMILES string of the molecule is Fc1ccc(C(Cl)Cc2cccc(Br)c2)c(Cl)c1. The molecule has 0 aliphatic rings. The molecule has 0 saturated heterocycles. The molecule has 0 nitrogen and oxygen atoms in total. The average molecular weight is 348 g/mol. The van der Waals surface area contributed by atoms with Crippen molar-refractivity contribution >= 4 is 39.1 Å². The Labute approximate surface area is 124 Å². The van der Waals surface area contributed by atoms with Crippen LogP contribution in [0.4, 0.5) is 4.39 Å². The highest BCUT2D eigenvalue weighted by atomic mass is 79.9. The van der Waals surface area contributed by atoms with Crippen LogP contribution in [0.2, 0.25) is 5.02 Å². The lowest BCUT2D eigenvalue weighted by Gasteiger charge is -2.12. The Morgan fingerprint density at radius 1 is 1.17 bits per heavy atom. The molecule has 0 spiro atoms. The van der Waals surface area contributed by atoms with Gasteiger partial charge in [0, 0.05) is 9.50 Å².